The number of benzene rings is 2. The van der Waals surface area contributed by atoms with Gasteiger partial charge in [0.05, 0.1) is 20.2 Å². The molecule has 2 aliphatic rings. The van der Waals surface area contributed by atoms with Crippen molar-refractivity contribution in [1.82, 2.24) is 25.1 Å². The number of carbonyl (C=O) groups excluding carboxylic acids is 3. The van der Waals surface area contributed by atoms with Gasteiger partial charge in [0.2, 0.25) is 11.8 Å². The highest BCUT2D eigenvalue weighted by atomic mass is 16.5. The van der Waals surface area contributed by atoms with E-state index in [0.717, 1.165) is 16.9 Å². The number of hydrogen-bond acceptors (Lipinski definition) is 5. The Labute approximate surface area is 218 Å². The summed E-state index contributed by atoms with van der Waals surface area (Å²) in [4.78, 5) is 43.7. The summed E-state index contributed by atoms with van der Waals surface area (Å²) in [6.45, 7) is 5.27. The maximum Gasteiger partial charge on any atom is 0.334 e. The van der Waals surface area contributed by atoms with Gasteiger partial charge in [-0.3, -0.25) is 9.59 Å². The summed E-state index contributed by atoms with van der Waals surface area (Å²) in [7, 11) is 3.37. The maximum atomic E-state index is 13.6. The van der Waals surface area contributed by atoms with E-state index in [1.807, 2.05) is 73.3 Å². The Morgan fingerprint density at radius 2 is 1.76 bits per heavy atom. The number of methoxy groups -OCH3 is 1. The van der Waals surface area contributed by atoms with Crippen molar-refractivity contribution >= 4 is 17.8 Å². The second-order valence-corrected chi connectivity index (χ2v) is 10.1. The highest BCUT2D eigenvalue weighted by Crippen LogP contribution is 2.29. The smallest absolute Gasteiger partial charge is 0.334 e. The normalized spacial score (nSPS) is 20.3. The van der Waals surface area contributed by atoms with Crippen molar-refractivity contribution in [1.29, 1.82) is 0 Å². The van der Waals surface area contributed by atoms with Crippen LogP contribution < -0.4 is 10.1 Å². The van der Waals surface area contributed by atoms with Gasteiger partial charge < -0.3 is 19.9 Å². The standard InChI is InChI=1S/C28H37N5O4/c1-20(2)16-24-27(35)31(15-14-21-10-12-23(37-4)13-11-21)18-25-32(24)26(34)19-30(3)33(25)28(36)29-17-22-8-6-5-7-9-22/h5-13,20,24-25H,14-19H2,1-4H3,(H,29,36)/t24-,25-/m0/s1. The van der Waals surface area contributed by atoms with Crippen LogP contribution in [0.25, 0.3) is 0 Å². The summed E-state index contributed by atoms with van der Waals surface area (Å²) in [5.41, 5.74) is 2.08. The molecule has 9 heteroatoms. The molecule has 2 aliphatic heterocycles. The van der Waals surface area contributed by atoms with Crippen LogP contribution in [0.15, 0.2) is 54.6 Å². The Bertz CT molecular complexity index is 1090. The third kappa shape index (κ3) is 6.05. The summed E-state index contributed by atoms with van der Waals surface area (Å²) in [5, 5.41) is 6.25. The van der Waals surface area contributed by atoms with E-state index in [1.165, 1.54) is 0 Å². The zero-order chi connectivity index (χ0) is 26.5. The largest absolute Gasteiger partial charge is 0.497 e. The average molecular weight is 508 g/mol. The fourth-order valence-corrected chi connectivity index (χ4v) is 5.09. The molecule has 0 radical (unpaired) electrons. The number of nitrogens with one attached hydrogen (secondary N) is 1. The van der Waals surface area contributed by atoms with Gasteiger partial charge in [0.15, 0.2) is 0 Å². The number of urea groups is 1. The predicted octanol–water partition coefficient (Wildman–Crippen LogP) is 2.72. The number of likely N-dealkylation sites (N-methyl/N-ethyl adjacent to an activating group) is 1. The van der Waals surface area contributed by atoms with E-state index < -0.39 is 12.2 Å². The maximum absolute atomic E-state index is 13.6. The van der Waals surface area contributed by atoms with Gasteiger partial charge in [0.1, 0.15) is 18.0 Å². The first kappa shape index (κ1) is 26.5. The summed E-state index contributed by atoms with van der Waals surface area (Å²) in [6.07, 6.45) is 0.642. The third-order valence-corrected chi connectivity index (χ3v) is 6.96. The second kappa shape index (κ2) is 11.6. The van der Waals surface area contributed by atoms with Crippen LogP contribution >= 0.6 is 0 Å². The van der Waals surface area contributed by atoms with E-state index in [-0.39, 0.29) is 36.9 Å². The third-order valence-electron chi connectivity index (χ3n) is 6.96. The Morgan fingerprint density at radius 1 is 1.05 bits per heavy atom. The first-order valence-corrected chi connectivity index (χ1v) is 12.8. The first-order chi connectivity index (χ1) is 17.8. The van der Waals surface area contributed by atoms with Gasteiger partial charge in [-0.1, -0.05) is 56.3 Å². The predicted molar refractivity (Wildman–Crippen MR) is 140 cm³/mol. The minimum absolute atomic E-state index is 0.0446. The molecule has 2 aromatic rings. The molecule has 0 aliphatic carbocycles. The van der Waals surface area contributed by atoms with Crippen molar-refractivity contribution < 1.29 is 19.1 Å². The number of amides is 4. The van der Waals surface area contributed by atoms with Gasteiger partial charge in [0, 0.05) is 20.1 Å². The lowest BCUT2D eigenvalue weighted by atomic mass is 9.96. The number of rotatable bonds is 8. The van der Waals surface area contributed by atoms with E-state index in [9.17, 15) is 14.4 Å². The van der Waals surface area contributed by atoms with E-state index >= 15 is 0 Å². The summed E-state index contributed by atoms with van der Waals surface area (Å²) >= 11 is 0. The number of ether oxygens (including phenoxy) is 1. The first-order valence-electron chi connectivity index (χ1n) is 12.8. The average Bonchev–Trinajstić information content (AvgIpc) is 2.88. The molecule has 4 amide bonds. The van der Waals surface area contributed by atoms with Crippen LogP contribution in [0.4, 0.5) is 4.79 Å². The number of nitrogens with zero attached hydrogens (tertiary/aromatic N) is 4. The van der Waals surface area contributed by atoms with Crippen LogP contribution in [0.3, 0.4) is 0 Å². The molecule has 2 aromatic carbocycles. The van der Waals surface area contributed by atoms with Crippen molar-refractivity contribution in [2.24, 2.45) is 5.92 Å². The summed E-state index contributed by atoms with van der Waals surface area (Å²) < 4.78 is 5.24. The number of carbonyl (C=O) groups is 3. The summed E-state index contributed by atoms with van der Waals surface area (Å²) in [6, 6.07) is 16.6. The van der Waals surface area contributed by atoms with Gasteiger partial charge in [0.25, 0.3) is 0 Å². The Morgan fingerprint density at radius 3 is 2.41 bits per heavy atom. The fourth-order valence-electron chi connectivity index (χ4n) is 5.09. The zero-order valence-electron chi connectivity index (χ0n) is 22.1. The minimum atomic E-state index is -0.597. The highest BCUT2D eigenvalue weighted by Gasteiger charge is 2.50. The fraction of sp³-hybridized carbons (Fsp3) is 0.464. The van der Waals surface area contributed by atoms with E-state index in [4.69, 9.17) is 4.74 Å². The van der Waals surface area contributed by atoms with Crippen LogP contribution in [0.2, 0.25) is 0 Å². The number of hydrazine groups is 1. The van der Waals surface area contributed by atoms with Crippen molar-refractivity contribution in [2.75, 3.05) is 33.8 Å². The van der Waals surface area contributed by atoms with Crippen LogP contribution in [0.5, 0.6) is 5.75 Å². The van der Waals surface area contributed by atoms with E-state index in [2.05, 4.69) is 5.32 Å². The molecule has 2 saturated heterocycles. The van der Waals surface area contributed by atoms with Crippen molar-refractivity contribution in [2.45, 2.75) is 45.4 Å². The van der Waals surface area contributed by atoms with Crippen LogP contribution in [-0.2, 0) is 22.6 Å². The number of hydrogen-bond donors (Lipinski definition) is 1. The molecule has 4 rings (SSSR count). The number of piperazine rings is 1. The van der Waals surface area contributed by atoms with Gasteiger partial charge in [-0.15, -0.1) is 0 Å². The molecule has 37 heavy (non-hydrogen) atoms. The molecule has 2 atom stereocenters. The molecule has 0 unspecified atom stereocenters. The molecule has 0 aromatic heterocycles. The Hall–Kier alpha value is -3.59. The van der Waals surface area contributed by atoms with Crippen LogP contribution in [-0.4, -0.2) is 83.7 Å². The molecule has 0 saturated carbocycles. The molecular formula is C28H37N5O4. The number of fused-ring (bicyclic) bond motifs is 1. The molecular weight excluding hydrogens is 470 g/mol. The summed E-state index contributed by atoms with van der Waals surface area (Å²) in [5.74, 6) is 0.810. The van der Waals surface area contributed by atoms with Crippen molar-refractivity contribution in [3.63, 3.8) is 0 Å². The van der Waals surface area contributed by atoms with Crippen molar-refractivity contribution in [3.05, 3.63) is 65.7 Å². The molecule has 0 bridgehead atoms. The Balaban J connectivity index is 1.55. The lowest BCUT2D eigenvalue weighted by Crippen LogP contribution is -2.76. The highest BCUT2D eigenvalue weighted by molar-refractivity contribution is 5.91. The van der Waals surface area contributed by atoms with E-state index in [0.29, 0.717) is 25.9 Å². The second-order valence-electron chi connectivity index (χ2n) is 10.1. The van der Waals surface area contributed by atoms with Gasteiger partial charge in [-0.25, -0.2) is 14.8 Å². The lowest BCUT2D eigenvalue weighted by Gasteiger charge is -2.54. The Kier molecular flexibility index (Phi) is 8.33. The zero-order valence-corrected chi connectivity index (χ0v) is 22.1. The molecule has 9 nitrogen and oxygen atoms in total. The molecule has 2 heterocycles. The van der Waals surface area contributed by atoms with Crippen molar-refractivity contribution in [3.8, 4) is 5.75 Å². The SMILES string of the molecule is COc1ccc(CCN2C[C@H]3N(C(=O)CN(C)N3C(=O)NCc3ccccc3)[C@@H](CC(C)C)C2=O)cc1. The molecule has 2 fully saturated rings. The molecule has 0 spiro atoms. The van der Waals surface area contributed by atoms with E-state index in [1.54, 1.807) is 29.1 Å². The molecule has 1 N–H and O–H groups in total. The van der Waals surface area contributed by atoms with Gasteiger partial charge in [-0.05, 0) is 42.0 Å². The monoisotopic (exact) mass is 507 g/mol. The topological polar surface area (TPSA) is 85.4 Å². The van der Waals surface area contributed by atoms with Gasteiger partial charge >= 0.3 is 6.03 Å². The minimum Gasteiger partial charge on any atom is -0.497 e. The lowest BCUT2D eigenvalue weighted by molar-refractivity contribution is -0.187. The van der Waals surface area contributed by atoms with Crippen LogP contribution in [0, 0.1) is 5.92 Å². The van der Waals surface area contributed by atoms with Crippen LogP contribution in [0.1, 0.15) is 31.4 Å². The quantitative estimate of drug-likeness (QED) is 0.594. The van der Waals surface area contributed by atoms with Gasteiger partial charge in [-0.2, -0.15) is 0 Å². The molecule has 198 valence electrons.